The first-order valence-corrected chi connectivity index (χ1v) is 8.37. The second-order valence-electron chi connectivity index (χ2n) is 5.26. The minimum absolute atomic E-state index is 0.102. The summed E-state index contributed by atoms with van der Waals surface area (Å²) < 4.78 is 6.77. The fourth-order valence-corrected chi connectivity index (χ4v) is 3.12. The molecule has 3 rings (SSSR count). The first-order valence-electron chi connectivity index (χ1n) is 7.56. The standard InChI is InChI=1S/C17H15N3O4S/c1-12-6-8-16(25-12)13-7-9-17(21)19(18-13)10-11-24-15-5-3-2-4-14(15)20(22)23/h2-9H,10-11H2,1H3. The molecule has 128 valence electrons. The molecule has 0 bridgehead atoms. The number of nitro benzene ring substituents is 1. The van der Waals surface area contributed by atoms with Gasteiger partial charge in [-0.1, -0.05) is 12.1 Å². The Balaban J connectivity index is 1.74. The molecule has 8 heteroatoms. The van der Waals surface area contributed by atoms with Gasteiger partial charge in [-0.2, -0.15) is 5.10 Å². The van der Waals surface area contributed by atoms with Crippen LogP contribution in [0.25, 0.3) is 10.6 Å². The van der Waals surface area contributed by atoms with E-state index in [2.05, 4.69) is 5.10 Å². The quantitative estimate of drug-likeness (QED) is 0.499. The average Bonchev–Trinajstić information content (AvgIpc) is 3.03. The number of rotatable bonds is 6. The molecule has 0 saturated carbocycles. The van der Waals surface area contributed by atoms with Gasteiger partial charge < -0.3 is 4.74 Å². The van der Waals surface area contributed by atoms with Gasteiger partial charge in [-0.05, 0) is 31.2 Å². The van der Waals surface area contributed by atoms with E-state index in [9.17, 15) is 14.9 Å². The molecule has 0 aliphatic rings. The van der Waals surface area contributed by atoms with Crippen molar-refractivity contribution in [3.63, 3.8) is 0 Å². The number of hydrogen-bond donors (Lipinski definition) is 0. The van der Waals surface area contributed by atoms with Gasteiger partial charge in [0.05, 0.1) is 16.3 Å². The summed E-state index contributed by atoms with van der Waals surface area (Å²) in [4.78, 5) is 24.6. The number of thiophene rings is 1. The van der Waals surface area contributed by atoms with E-state index in [1.165, 1.54) is 22.9 Å². The molecule has 0 N–H and O–H groups in total. The highest BCUT2D eigenvalue weighted by Crippen LogP contribution is 2.26. The highest BCUT2D eigenvalue weighted by molar-refractivity contribution is 7.15. The van der Waals surface area contributed by atoms with Gasteiger partial charge in [0.2, 0.25) is 0 Å². The highest BCUT2D eigenvalue weighted by atomic mass is 32.1. The molecule has 7 nitrogen and oxygen atoms in total. The Kier molecular flexibility index (Phi) is 4.90. The van der Waals surface area contributed by atoms with Crippen molar-refractivity contribution < 1.29 is 9.66 Å². The number of benzene rings is 1. The van der Waals surface area contributed by atoms with Crippen molar-refractivity contribution in [2.24, 2.45) is 0 Å². The van der Waals surface area contributed by atoms with Crippen LogP contribution in [0.15, 0.2) is 53.3 Å². The zero-order chi connectivity index (χ0) is 17.8. The van der Waals surface area contributed by atoms with Crippen molar-refractivity contribution in [3.05, 3.63) is 73.9 Å². The lowest BCUT2D eigenvalue weighted by Crippen LogP contribution is -2.25. The van der Waals surface area contributed by atoms with Crippen LogP contribution in [-0.4, -0.2) is 21.3 Å². The van der Waals surface area contributed by atoms with E-state index in [1.54, 1.807) is 29.5 Å². The lowest BCUT2D eigenvalue weighted by molar-refractivity contribution is -0.385. The first-order chi connectivity index (χ1) is 12.0. The van der Waals surface area contributed by atoms with Crippen molar-refractivity contribution in [1.29, 1.82) is 0 Å². The summed E-state index contributed by atoms with van der Waals surface area (Å²) >= 11 is 1.60. The normalized spacial score (nSPS) is 10.6. The Morgan fingerprint density at radius 2 is 2.00 bits per heavy atom. The molecule has 0 amide bonds. The third-order valence-corrected chi connectivity index (χ3v) is 4.51. The zero-order valence-corrected chi connectivity index (χ0v) is 14.2. The van der Waals surface area contributed by atoms with Gasteiger partial charge in [0, 0.05) is 17.0 Å². The lowest BCUT2D eigenvalue weighted by atomic mass is 10.3. The number of nitrogens with zero attached hydrogens (tertiary/aromatic N) is 3. The second kappa shape index (κ2) is 7.27. The second-order valence-corrected chi connectivity index (χ2v) is 6.55. The molecule has 0 atom stereocenters. The molecule has 0 fully saturated rings. The summed E-state index contributed by atoms with van der Waals surface area (Å²) in [7, 11) is 0. The maximum atomic E-state index is 12.0. The molecule has 0 aliphatic heterocycles. The highest BCUT2D eigenvalue weighted by Gasteiger charge is 2.13. The maximum Gasteiger partial charge on any atom is 0.310 e. The van der Waals surface area contributed by atoms with Gasteiger partial charge in [0.15, 0.2) is 5.75 Å². The number of nitro groups is 1. The van der Waals surface area contributed by atoms with Crippen LogP contribution in [0.4, 0.5) is 5.69 Å². The van der Waals surface area contributed by atoms with Crippen molar-refractivity contribution in [3.8, 4) is 16.3 Å². The molecule has 25 heavy (non-hydrogen) atoms. The molecule has 2 heterocycles. The SMILES string of the molecule is Cc1ccc(-c2ccc(=O)n(CCOc3ccccc3[N+](=O)[O-])n2)s1. The fourth-order valence-electron chi connectivity index (χ4n) is 2.28. The molecular formula is C17H15N3O4S. The Morgan fingerprint density at radius 3 is 2.72 bits per heavy atom. The summed E-state index contributed by atoms with van der Waals surface area (Å²) in [6.45, 7) is 2.30. The summed E-state index contributed by atoms with van der Waals surface area (Å²) in [6, 6.07) is 13.2. The van der Waals surface area contributed by atoms with Crippen LogP contribution in [0.2, 0.25) is 0 Å². The molecule has 1 aromatic carbocycles. The van der Waals surface area contributed by atoms with E-state index in [-0.39, 0.29) is 30.1 Å². The van der Waals surface area contributed by atoms with Gasteiger partial charge in [-0.15, -0.1) is 11.3 Å². The van der Waals surface area contributed by atoms with Crippen LogP contribution in [0.5, 0.6) is 5.75 Å². The van der Waals surface area contributed by atoms with Gasteiger partial charge in [0.1, 0.15) is 12.3 Å². The Labute approximate surface area is 147 Å². The molecule has 0 unspecified atom stereocenters. The summed E-state index contributed by atoms with van der Waals surface area (Å²) in [6.07, 6.45) is 0. The number of aromatic nitrogens is 2. The summed E-state index contributed by atoms with van der Waals surface area (Å²) in [5, 5.41) is 15.3. The molecule has 0 spiro atoms. The number of ether oxygens (including phenoxy) is 1. The van der Waals surface area contributed by atoms with E-state index < -0.39 is 4.92 Å². The number of aryl methyl sites for hydroxylation is 1. The van der Waals surface area contributed by atoms with E-state index in [0.717, 1.165) is 9.75 Å². The largest absolute Gasteiger partial charge is 0.485 e. The molecular weight excluding hydrogens is 342 g/mol. The maximum absolute atomic E-state index is 12.0. The van der Waals surface area contributed by atoms with Crippen molar-refractivity contribution in [2.75, 3.05) is 6.61 Å². The van der Waals surface area contributed by atoms with Gasteiger partial charge in [0.25, 0.3) is 5.56 Å². The van der Waals surface area contributed by atoms with Crippen LogP contribution in [-0.2, 0) is 6.54 Å². The van der Waals surface area contributed by atoms with Crippen LogP contribution < -0.4 is 10.3 Å². The topological polar surface area (TPSA) is 87.3 Å². The van der Waals surface area contributed by atoms with E-state index in [0.29, 0.717) is 5.69 Å². The zero-order valence-electron chi connectivity index (χ0n) is 13.4. The average molecular weight is 357 g/mol. The van der Waals surface area contributed by atoms with Gasteiger partial charge in [-0.25, -0.2) is 4.68 Å². The smallest absolute Gasteiger partial charge is 0.310 e. The van der Waals surface area contributed by atoms with E-state index >= 15 is 0 Å². The molecule has 0 saturated heterocycles. The first kappa shape index (κ1) is 16.8. The minimum atomic E-state index is -0.500. The van der Waals surface area contributed by atoms with E-state index in [1.807, 2.05) is 19.1 Å². The molecule has 0 aliphatic carbocycles. The van der Waals surface area contributed by atoms with Crippen LogP contribution in [0.3, 0.4) is 0 Å². The predicted molar refractivity (Wildman–Crippen MR) is 95.1 cm³/mol. The fraction of sp³-hybridized carbons (Fsp3) is 0.176. The van der Waals surface area contributed by atoms with Crippen LogP contribution >= 0.6 is 11.3 Å². The lowest BCUT2D eigenvalue weighted by Gasteiger charge is -2.08. The number of hydrogen-bond acceptors (Lipinski definition) is 6. The van der Waals surface area contributed by atoms with Crippen LogP contribution in [0.1, 0.15) is 4.88 Å². The van der Waals surface area contributed by atoms with Gasteiger partial charge in [-0.3, -0.25) is 14.9 Å². The van der Waals surface area contributed by atoms with Crippen molar-refractivity contribution >= 4 is 17.0 Å². The van der Waals surface area contributed by atoms with Gasteiger partial charge >= 0.3 is 5.69 Å². The molecule has 3 aromatic rings. The molecule has 2 aromatic heterocycles. The van der Waals surface area contributed by atoms with Crippen molar-refractivity contribution in [1.82, 2.24) is 9.78 Å². The molecule has 0 radical (unpaired) electrons. The third-order valence-electron chi connectivity index (χ3n) is 3.48. The third kappa shape index (κ3) is 3.92. The Hall–Kier alpha value is -3.00. The monoisotopic (exact) mass is 357 g/mol. The van der Waals surface area contributed by atoms with Crippen LogP contribution in [0, 0.1) is 17.0 Å². The number of para-hydroxylation sites is 2. The summed E-state index contributed by atoms with van der Waals surface area (Å²) in [5.74, 6) is 0.172. The van der Waals surface area contributed by atoms with E-state index in [4.69, 9.17) is 4.74 Å². The Morgan fingerprint density at radius 1 is 1.20 bits per heavy atom. The predicted octanol–water partition coefficient (Wildman–Crippen LogP) is 3.27. The Bertz CT molecular complexity index is 964. The summed E-state index contributed by atoms with van der Waals surface area (Å²) in [5.41, 5.74) is 0.359. The van der Waals surface area contributed by atoms with Crippen molar-refractivity contribution in [2.45, 2.75) is 13.5 Å². The minimum Gasteiger partial charge on any atom is -0.485 e.